The van der Waals surface area contributed by atoms with Gasteiger partial charge in [0.05, 0.1) is 0 Å². The van der Waals surface area contributed by atoms with E-state index in [-0.39, 0.29) is 11.3 Å². The number of nitrogens with one attached hydrogen (secondary N) is 1. The summed E-state index contributed by atoms with van der Waals surface area (Å²) in [5.41, 5.74) is 1.52. The van der Waals surface area contributed by atoms with Crippen LogP contribution in [-0.4, -0.2) is 12.5 Å². The maximum Gasteiger partial charge on any atom is 0.220 e. The normalized spacial score (nSPS) is 28.5. The number of carbonyl (C=O) groups excluding carboxylic acids is 1. The molecule has 1 aromatic heterocycles. The molecule has 1 unspecified atom stereocenters. The summed E-state index contributed by atoms with van der Waals surface area (Å²) in [6.45, 7) is 3.00. The van der Waals surface area contributed by atoms with Crippen LogP contribution in [0.1, 0.15) is 25.3 Å². The molecule has 1 N–H and O–H groups in total. The van der Waals surface area contributed by atoms with Crippen molar-refractivity contribution in [2.75, 3.05) is 6.54 Å². The minimum absolute atomic E-state index is 0.161. The van der Waals surface area contributed by atoms with Crippen LogP contribution in [0.4, 0.5) is 0 Å². The quantitative estimate of drug-likeness (QED) is 0.728. The van der Waals surface area contributed by atoms with E-state index in [1.807, 2.05) is 0 Å². The molecule has 0 aromatic carbocycles. The van der Waals surface area contributed by atoms with E-state index in [1.54, 1.807) is 11.3 Å². The van der Waals surface area contributed by atoms with Crippen molar-refractivity contribution >= 4 is 17.2 Å². The number of rotatable bonds is 1. The van der Waals surface area contributed by atoms with Gasteiger partial charge in [0.1, 0.15) is 0 Å². The topological polar surface area (TPSA) is 29.1 Å². The molecule has 2 nitrogen and oxygen atoms in total. The van der Waals surface area contributed by atoms with Crippen LogP contribution in [0, 0.1) is 0 Å². The molecular formula is C10H13NOS. The zero-order valence-electron chi connectivity index (χ0n) is 7.67. The van der Waals surface area contributed by atoms with Crippen LogP contribution in [0.3, 0.4) is 0 Å². The highest BCUT2D eigenvalue weighted by Crippen LogP contribution is 2.31. The second-order valence-electron chi connectivity index (χ2n) is 3.85. The highest BCUT2D eigenvalue weighted by atomic mass is 32.1. The molecular weight excluding hydrogens is 182 g/mol. The number of thiophene rings is 1. The molecule has 1 aliphatic rings. The van der Waals surface area contributed by atoms with Crippen LogP contribution < -0.4 is 5.32 Å². The summed E-state index contributed by atoms with van der Waals surface area (Å²) >= 11 is 1.72. The molecule has 0 aliphatic carbocycles. The third-order valence-electron chi connectivity index (χ3n) is 2.80. The summed E-state index contributed by atoms with van der Waals surface area (Å²) in [6, 6.07) is 2.15. The van der Waals surface area contributed by atoms with Crippen molar-refractivity contribution in [1.82, 2.24) is 5.32 Å². The predicted molar refractivity (Wildman–Crippen MR) is 53.9 cm³/mol. The van der Waals surface area contributed by atoms with Crippen LogP contribution in [0.2, 0.25) is 0 Å². The first-order valence-electron chi connectivity index (χ1n) is 4.50. The van der Waals surface area contributed by atoms with E-state index in [0.717, 1.165) is 13.0 Å². The van der Waals surface area contributed by atoms with E-state index in [0.29, 0.717) is 6.42 Å². The summed E-state index contributed by atoms with van der Waals surface area (Å²) in [6.07, 6.45) is 1.63. The predicted octanol–water partition coefficient (Wildman–Crippen LogP) is 1.92. The molecule has 2 heterocycles. The lowest BCUT2D eigenvalue weighted by atomic mass is 9.78. The lowest BCUT2D eigenvalue weighted by molar-refractivity contribution is -0.123. The van der Waals surface area contributed by atoms with Crippen molar-refractivity contribution < 1.29 is 4.79 Å². The fraction of sp³-hybridized carbons (Fsp3) is 0.500. The standard InChI is InChI=1S/C10H13NOS/c1-10(8-3-5-13-6-8)4-2-9(12)11-7-10/h3,5-6H,2,4,7H2,1H3,(H,11,12). The number of carbonyl (C=O) groups is 1. The van der Waals surface area contributed by atoms with Crippen molar-refractivity contribution in [3.8, 4) is 0 Å². The van der Waals surface area contributed by atoms with Crippen LogP contribution >= 0.6 is 11.3 Å². The van der Waals surface area contributed by atoms with Crippen LogP contribution in [0.5, 0.6) is 0 Å². The smallest absolute Gasteiger partial charge is 0.220 e. The van der Waals surface area contributed by atoms with E-state index < -0.39 is 0 Å². The Labute approximate surface area is 82.0 Å². The Hall–Kier alpha value is -0.830. The number of hydrogen-bond donors (Lipinski definition) is 1. The molecule has 70 valence electrons. The number of hydrogen-bond acceptors (Lipinski definition) is 2. The molecule has 1 saturated heterocycles. The molecule has 1 atom stereocenters. The average Bonchev–Trinajstić information content (AvgIpc) is 2.63. The Morgan fingerprint density at radius 1 is 1.62 bits per heavy atom. The lowest BCUT2D eigenvalue weighted by Gasteiger charge is -2.33. The van der Waals surface area contributed by atoms with E-state index in [2.05, 4.69) is 29.1 Å². The van der Waals surface area contributed by atoms with Gasteiger partial charge in [-0.15, -0.1) is 0 Å². The van der Waals surface area contributed by atoms with Gasteiger partial charge in [-0.05, 0) is 28.8 Å². The Balaban J connectivity index is 2.18. The third kappa shape index (κ3) is 1.61. The first kappa shape index (κ1) is 8.75. The summed E-state index contributed by atoms with van der Waals surface area (Å²) in [5.74, 6) is 0.188. The molecule has 0 bridgehead atoms. The van der Waals surface area contributed by atoms with E-state index in [1.165, 1.54) is 5.56 Å². The molecule has 3 heteroatoms. The summed E-state index contributed by atoms with van der Waals surface area (Å²) in [7, 11) is 0. The molecule has 0 radical (unpaired) electrons. The van der Waals surface area contributed by atoms with Gasteiger partial charge < -0.3 is 5.32 Å². The minimum atomic E-state index is 0.161. The average molecular weight is 195 g/mol. The molecule has 1 amide bonds. The van der Waals surface area contributed by atoms with Gasteiger partial charge in [0.15, 0.2) is 0 Å². The fourth-order valence-electron chi connectivity index (χ4n) is 1.71. The van der Waals surface area contributed by atoms with Gasteiger partial charge >= 0.3 is 0 Å². The van der Waals surface area contributed by atoms with Crippen LogP contribution in [0.25, 0.3) is 0 Å². The van der Waals surface area contributed by atoms with Gasteiger partial charge in [0.2, 0.25) is 5.91 Å². The minimum Gasteiger partial charge on any atom is -0.355 e. The van der Waals surface area contributed by atoms with E-state index in [4.69, 9.17) is 0 Å². The summed E-state index contributed by atoms with van der Waals surface area (Å²) in [4.78, 5) is 11.0. The van der Waals surface area contributed by atoms with Gasteiger partial charge in [0, 0.05) is 18.4 Å². The monoisotopic (exact) mass is 195 g/mol. The second kappa shape index (κ2) is 3.14. The molecule has 1 aromatic rings. The van der Waals surface area contributed by atoms with Gasteiger partial charge in [-0.3, -0.25) is 4.79 Å². The van der Waals surface area contributed by atoms with Crippen LogP contribution in [-0.2, 0) is 10.2 Å². The van der Waals surface area contributed by atoms with E-state index >= 15 is 0 Å². The van der Waals surface area contributed by atoms with Crippen molar-refractivity contribution in [1.29, 1.82) is 0 Å². The molecule has 1 fully saturated rings. The summed E-state index contributed by atoms with van der Waals surface area (Å²) in [5, 5.41) is 7.20. The highest BCUT2D eigenvalue weighted by molar-refractivity contribution is 7.08. The first-order valence-corrected chi connectivity index (χ1v) is 5.44. The van der Waals surface area contributed by atoms with Crippen LogP contribution in [0.15, 0.2) is 16.8 Å². The summed E-state index contributed by atoms with van der Waals surface area (Å²) < 4.78 is 0. The Morgan fingerprint density at radius 2 is 2.46 bits per heavy atom. The van der Waals surface area contributed by atoms with Crippen molar-refractivity contribution in [3.63, 3.8) is 0 Å². The zero-order valence-corrected chi connectivity index (χ0v) is 8.49. The second-order valence-corrected chi connectivity index (χ2v) is 4.63. The van der Waals surface area contributed by atoms with E-state index in [9.17, 15) is 4.79 Å². The Kier molecular flexibility index (Phi) is 2.12. The molecule has 1 aliphatic heterocycles. The molecule has 0 saturated carbocycles. The SMILES string of the molecule is CC1(c2ccsc2)CCC(=O)NC1. The Morgan fingerprint density at radius 3 is 3.00 bits per heavy atom. The maximum atomic E-state index is 11.0. The molecule has 13 heavy (non-hydrogen) atoms. The highest BCUT2D eigenvalue weighted by Gasteiger charge is 2.31. The van der Waals surface area contributed by atoms with Crippen molar-refractivity contribution in [2.45, 2.75) is 25.2 Å². The van der Waals surface area contributed by atoms with Gasteiger partial charge in [-0.1, -0.05) is 6.92 Å². The Bertz CT molecular complexity index is 295. The lowest BCUT2D eigenvalue weighted by Crippen LogP contribution is -2.44. The van der Waals surface area contributed by atoms with Crippen molar-refractivity contribution in [2.24, 2.45) is 0 Å². The van der Waals surface area contributed by atoms with Gasteiger partial charge in [-0.2, -0.15) is 11.3 Å². The largest absolute Gasteiger partial charge is 0.355 e. The maximum absolute atomic E-state index is 11.0. The first-order chi connectivity index (χ1) is 6.21. The third-order valence-corrected chi connectivity index (χ3v) is 3.48. The molecule has 2 rings (SSSR count). The number of amides is 1. The van der Waals surface area contributed by atoms with Crippen molar-refractivity contribution in [3.05, 3.63) is 22.4 Å². The number of piperidine rings is 1. The molecule has 0 spiro atoms. The zero-order chi connectivity index (χ0) is 9.31. The fourth-order valence-corrected chi connectivity index (χ4v) is 2.53. The van der Waals surface area contributed by atoms with Gasteiger partial charge in [-0.25, -0.2) is 0 Å². The van der Waals surface area contributed by atoms with Gasteiger partial charge in [0.25, 0.3) is 0 Å².